The maximum Gasteiger partial charge on any atom is 0.416 e. The third-order valence-electron chi connectivity index (χ3n) is 7.72. The molecule has 1 aliphatic rings. The van der Waals surface area contributed by atoms with E-state index in [1.54, 1.807) is 53.0 Å². The number of nitrogens with zero attached hydrogens (tertiary/aromatic N) is 3. The maximum absolute atomic E-state index is 13.1. The van der Waals surface area contributed by atoms with Crippen LogP contribution in [0.2, 0.25) is 0 Å². The Hall–Kier alpha value is -4.35. The van der Waals surface area contributed by atoms with E-state index >= 15 is 0 Å². The molecule has 12 heteroatoms. The molecule has 1 saturated heterocycles. The number of hydrogen-bond donors (Lipinski definition) is 1. The van der Waals surface area contributed by atoms with Gasteiger partial charge in [0, 0.05) is 42.3 Å². The Balaban J connectivity index is 1.17. The highest BCUT2D eigenvalue weighted by atomic mass is 19.4. The second-order valence-electron chi connectivity index (χ2n) is 10.7. The van der Waals surface area contributed by atoms with E-state index in [1.807, 2.05) is 5.32 Å². The van der Waals surface area contributed by atoms with Crippen LogP contribution in [0.1, 0.15) is 44.7 Å². The van der Waals surface area contributed by atoms with Crippen LogP contribution in [0.15, 0.2) is 66.9 Å². The molecule has 0 atom stereocenters. The molecular formula is C31H28F6N4O2. The quantitative estimate of drug-likeness (QED) is 0.245. The van der Waals surface area contributed by atoms with E-state index in [2.05, 4.69) is 5.10 Å². The topological polar surface area (TPSA) is 67.2 Å². The van der Waals surface area contributed by atoms with Crippen LogP contribution >= 0.6 is 0 Å². The van der Waals surface area contributed by atoms with Gasteiger partial charge in [-0.15, -0.1) is 0 Å². The number of amides is 2. The molecule has 5 rings (SSSR count). The van der Waals surface area contributed by atoms with Gasteiger partial charge in [0.25, 0.3) is 11.8 Å². The summed E-state index contributed by atoms with van der Waals surface area (Å²) >= 11 is 0. The highest BCUT2D eigenvalue weighted by molar-refractivity contribution is 6.00. The minimum absolute atomic E-state index is 0.116. The van der Waals surface area contributed by atoms with Crippen LogP contribution in [0, 0.1) is 12.8 Å². The van der Waals surface area contributed by atoms with Gasteiger partial charge in [0.15, 0.2) is 0 Å². The first-order chi connectivity index (χ1) is 20.3. The number of hydrogen-bond acceptors (Lipinski definition) is 3. The Morgan fingerprint density at radius 3 is 2.07 bits per heavy atom. The van der Waals surface area contributed by atoms with E-state index in [-0.39, 0.29) is 17.4 Å². The number of halogens is 6. The van der Waals surface area contributed by atoms with E-state index in [1.165, 1.54) is 18.2 Å². The number of fused-ring (bicyclic) bond motifs is 1. The van der Waals surface area contributed by atoms with Gasteiger partial charge >= 0.3 is 12.4 Å². The van der Waals surface area contributed by atoms with Crippen LogP contribution in [-0.4, -0.2) is 52.3 Å². The Bertz CT molecular complexity index is 1620. The number of carbonyl (C=O) groups excluding carboxylic acids is 2. The van der Waals surface area contributed by atoms with Crippen molar-refractivity contribution in [3.05, 3.63) is 89.1 Å². The minimum Gasteiger partial charge on any atom is -0.343 e. The number of piperidine rings is 1. The van der Waals surface area contributed by atoms with Gasteiger partial charge in [0.05, 0.1) is 11.1 Å². The molecule has 2 amide bonds. The minimum atomic E-state index is -4.50. The number of nitrogens with one attached hydrogen (secondary N) is 1. The average molecular weight is 603 g/mol. The van der Waals surface area contributed by atoms with Gasteiger partial charge in [0.2, 0.25) is 0 Å². The maximum atomic E-state index is 13.1. The summed E-state index contributed by atoms with van der Waals surface area (Å²) in [7, 11) is 0. The van der Waals surface area contributed by atoms with Crippen LogP contribution in [0.5, 0.6) is 0 Å². The second-order valence-corrected chi connectivity index (χ2v) is 10.7. The van der Waals surface area contributed by atoms with Crippen molar-refractivity contribution in [3.8, 4) is 11.1 Å². The smallest absolute Gasteiger partial charge is 0.343 e. The van der Waals surface area contributed by atoms with Crippen molar-refractivity contribution in [2.45, 2.75) is 38.7 Å². The van der Waals surface area contributed by atoms with Crippen LogP contribution in [0.3, 0.4) is 0 Å². The van der Waals surface area contributed by atoms with Crippen molar-refractivity contribution in [2.24, 2.45) is 5.92 Å². The average Bonchev–Trinajstić information content (AvgIpc) is 3.39. The van der Waals surface area contributed by atoms with Crippen LogP contribution < -0.4 is 5.32 Å². The highest BCUT2D eigenvalue weighted by Crippen LogP contribution is 2.31. The number of aryl methyl sites for hydroxylation is 1. The van der Waals surface area contributed by atoms with Gasteiger partial charge < -0.3 is 10.2 Å². The van der Waals surface area contributed by atoms with Crippen molar-refractivity contribution in [1.82, 2.24) is 20.0 Å². The second kappa shape index (κ2) is 11.7. The van der Waals surface area contributed by atoms with E-state index in [4.69, 9.17) is 0 Å². The van der Waals surface area contributed by atoms with Gasteiger partial charge in [-0.3, -0.25) is 14.3 Å². The monoisotopic (exact) mass is 602 g/mol. The summed E-state index contributed by atoms with van der Waals surface area (Å²) < 4.78 is 77.8. The molecular weight excluding hydrogens is 574 g/mol. The molecule has 43 heavy (non-hydrogen) atoms. The molecule has 1 N–H and O–H groups in total. The molecule has 0 unspecified atom stereocenters. The number of aromatic nitrogens is 2. The van der Waals surface area contributed by atoms with Crippen LogP contribution in [0.25, 0.3) is 22.0 Å². The number of carbonyl (C=O) groups is 2. The molecule has 0 radical (unpaired) electrons. The van der Waals surface area contributed by atoms with E-state index in [9.17, 15) is 35.9 Å². The zero-order chi connectivity index (χ0) is 30.9. The SMILES string of the molecule is Cc1c(C(=O)NCC(F)(F)F)ccc2nn(CC3CCN(C(=O)c4ccc(-c5ccc(C(F)(F)F)cc5)cc4)CC3)cc12. The lowest BCUT2D eigenvalue weighted by Gasteiger charge is -2.32. The zero-order valence-electron chi connectivity index (χ0n) is 23.1. The van der Waals surface area contributed by atoms with Crippen molar-refractivity contribution in [3.63, 3.8) is 0 Å². The van der Waals surface area contributed by atoms with E-state index in [0.717, 1.165) is 25.0 Å². The molecule has 1 aromatic heterocycles. The molecule has 0 saturated carbocycles. The lowest BCUT2D eigenvalue weighted by molar-refractivity contribution is -0.137. The summed E-state index contributed by atoms with van der Waals surface area (Å²) in [6.45, 7) is 1.96. The summed E-state index contributed by atoms with van der Waals surface area (Å²) in [5, 5.41) is 7.16. The third kappa shape index (κ3) is 7.00. The van der Waals surface area contributed by atoms with Crippen LogP contribution in [0.4, 0.5) is 26.3 Å². The lowest BCUT2D eigenvalue weighted by atomic mass is 9.96. The molecule has 0 bridgehead atoms. The van der Waals surface area contributed by atoms with Gasteiger partial charge in [-0.25, -0.2) is 0 Å². The van der Waals surface area contributed by atoms with Crippen molar-refractivity contribution in [1.29, 1.82) is 0 Å². The summed E-state index contributed by atoms with van der Waals surface area (Å²) in [6.07, 6.45) is -5.62. The van der Waals surface area contributed by atoms with Gasteiger partial charge in [-0.2, -0.15) is 31.4 Å². The number of likely N-dealkylation sites (tertiary alicyclic amines) is 1. The molecule has 6 nitrogen and oxygen atoms in total. The number of alkyl halides is 6. The number of benzene rings is 3. The molecule has 0 aliphatic carbocycles. The molecule has 4 aromatic rings. The third-order valence-corrected chi connectivity index (χ3v) is 7.72. The molecule has 2 heterocycles. The molecule has 3 aromatic carbocycles. The molecule has 226 valence electrons. The Kier molecular flexibility index (Phi) is 8.22. The fraction of sp³-hybridized carbons (Fsp3) is 0.323. The summed E-state index contributed by atoms with van der Waals surface area (Å²) in [5.41, 5.74) is 2.46. The van der Waals surface area contributed by atoms with Crippen molar-refractivity contribution in [2.75, 3.05) is 19.6 Å². The van der Waals surface area contributed by atoms with Gasteiger partial charge in [-0.05, 0) is 78.8 Å². The summed E-state index contributed by atoms with van der Waals surface area (Å²) in [5.74, 6) is -0.666. The predicted molar refractivity (Wildman–Crippen MR) is 148 cm³/mol. The van der Waals surface area contributed by atoms with Crippen molar-refractivity contribution < 1.29 is 35.9 Å². The number of rotatable bonds is 6. The Morgan fingerprint density at radius 1 is 0.884 bits per heavy atom. The van der Waals surface area contributed by atoms with Gasteiger partial charge in [-0.1, -0.05) is 24.3 Å². The normalized spacial score (nSPS) is 14.7. The standard InChI is InChI=1S/C31H28F6N4O2/c1-19-25(28(42)38-18-30(32,33)34)10-11-27-26(19)17-41(39-27)16-20-12-14-40(15-13-20)29(43)23-4-2-21(3-5-23)22-6-8-24(9-7-22)31(35,36)37/h2-11,17,20H,12-16,18H2,1H3,(H,38,42). The first-order valence-electron chi connectivity index (χ1n) is 13.7. The van der Waals surface area contributed by atoms with Crippen molar-refractivity contribution >= 4 is 22.7 Å². The van der Waals surface area contributed by atoms with Crippen LogP contribution in [-0.2, 0) is 12.7 Å². The first-order valence-corrected chi connectivity index (χ1v) is 13.7. The zero-order valence-corrected chi connectivity index (χ0v) is 23.1. The van der Waals surface area contributed by atoms with E-state index in [0.29, 0.717) is 52.8 Å². The molecule has 1 aliphatic heterocycles. The first kappa shape index (κ1) is 30.1. The largest absolute Gasteiger partial charge is 0.416 e. The Labute approximate surface area is 243 Å². The van der Waals surface area contributed by atoms with E-state index < -0.39 is 30.4 Å². The van der Waals surface area contributed by atoms with Gasteiger partial charge in [0.1, 0.15) is 6.54 Å². The predicted octanol–water partition coefficient (Wildman–Crippen LogP) is 6.88. The Morgan fingerprint density at radius 2 is 1.49 bits per heavy atom. The highest BCUT2D eigenvalue weighted by Gasteiger charge is 2.30. The molecule has 1 fully saturated rings. The fourth-order valence-corrected chi connectivity index (χ4v) is 5.32. The fourth-order valence-electron chi connectivity index (χ4n) is 5.32. The lowest BCUT2D eigenvalue weighted by Crippen LogP contribution is -2.39. The molecule has 0 spiro atoms. The summed E-state index contributed by atoms with van der Waals surface area (Å²) in [4.78, 5) is 27.2. The summed E-state index contributed by atoms with van der Waals surface area (Å²) in [6, 6.07) is 14.8.